The van der Waals surface area contributed by atoms with E-state index in [9.17, 15) is 14.0 Å². The third-order valence-corrected chi connectivity index (χ3v) is 9.92. The smallest absolute Gasteiger partial charge is 0.261 e. The lowest BCUT2D eigenvalue weighted by atomic mass is 10.0. The van der Waals surface area contributed by atoms with Crippen molar-refractivity contribution in [2.75, 3.05) is 5.75 Å². The molecule has 3 aromatic heterocycles. The molecule has 1 atom stereocenters. The number of benzene rings is 2. The van der Waals surface area contributed by atoms with E-state index in [-0.39, 0.29) is 36.0 Å². The number of hydrazone groups is 1. The largest absolute Gasteiger partial charge is 0.344 e. The van der Waals surface area contributed by atoms with Crippen LogP contribution < -0.4 is 5.32 Å². The van der Waals surface area contributed by atoms with E-state index in [4.69, 9.17) is 5.10 Å². The zero-order chi connectivity index (χ0) is 29.9. The lowest BCUT2D eigenvalue weighted by Gasteiger charge is -2.22. The van der Waals surface area contributed by atoms with Crippen LogP contribution in [0.1, 0.15) is 49.5 Å². The van der Waals surface area contributed by atoms with Gasteiger partial charge in [-0.2, -0.15) is 5.10 Å². The number of hydrogen-bond donors (Lipinski definition) is 1. The summed E-state index contributed by atoms with van der Waals surface area (Å²) in [6.07, 6.45) is 0.537. The Balaban J connectivity index is 1.26. The highest BCUT2D eigenvalue weighted by Crippen LogP contribution is 2.35. The molecule has 12 heteroatoms. The van der Waals surface area contributed by atoms with E-state index in [1.165, 1.54) is 40.2 Å². The minimum absolute atomic E-state index is 0.0590. The highest BCUT2D eigenvalue weighted by molar-refractivity contribution is 7.99. The molecule has 1 N–H and O–H groups in total. The molecule has 1 aliphatic rings. The number of nitrogens with zero attached hydrogens (tertiary/aromatic N) is 5. The van der Waals surface area contributed by atoms with Crippen LogP contribution in [0.5, 0.6) is 0 Å². The van der Waals surface area contributed by atoms with Crippen molar-refractivity contribution < 1.29 is 14.0 Å². The van der Waals surface area contributed by atoms with Gasteiger partial charge in [-0.05, 0) is 71.6 Å². The maximum Gasteiger partial charge on any atom is 0.261 e. The maximum absolute atomic E-state index is 13.7. The van der Waals surface area contributed by atoms with Crippen LogP contribution in [-0.4, -0.2) is 43.1 Å². The molecule has 8 nitrogen and oxygen atoms in total. The van der Waals surface area contributed by atoms with Gasteiger partial charge in [0, 0.05) is 6.42 Å². The molecule has 0 saturated carbocycles. The van der Waals surface area contributed by atoms with Crippen molar-refractivity contribution in [3.8, 4) is 5.69 Å². The molecule has 0 fully saturated rings. The van der Waals surface area contributed by atoms with Crippen molar-refractivity contribution in [2.45, 2.75) is 38.0 Å². The van der Waals surface area contributed by atoms with E-state index >= 15 is 0 Å². The van der Waals surface area contributed by atoms with Crippen LogP contribution in [0, 0.1) is 19.7 Å². The second kappa shape index (κ2) is 12.6. The van der Waals surface area contributed by atoms with Gasteiger partial charge in [-0.25, -0.2) is 9.40 Å². The number of amides is 2. The molecule has 0 radical (unpaired) electrons. The van der Waals surface area contributed by atoms with Gasteiger partial charge in [-0.1, -0.05) is 48.2 Å². The van der Waals surface area contributed by atoms with Gasteiger partial charge in [0.1, 0.15) is 5.82 Å². The number of aryl methyl sites for hydroxylation is 1. The quantitative estimate of drug-likeness (QED) is 0.187. The number of nitrogens with one attached hydrogen (secondary N) is 1. The fraction of sp³-hybridized carbons (Fsp3) is 0.194. The number of aromatic nitrogens is 3. The number of thioether (sulfide) groups is 1. The van der Waals surface area contributed by atoms with E-state index in [1.807, 2.05) is 65.6 Å². The fourth-order valence-corrected chi connectivity index (χ4v) is 7.03. The molecular weight excluding hydrogens is 604 g/mol. The first-order valence-electron chi connectivity index (χ1n) is 13.5. The van der Waals surface area contributed by atoms with Crippen LogP contribution in [0.25, 0.3) is 5.69 Å². The first kappa shape index (κ1) is 29.0. The molecule has 218 valence electrons. The van der Waals surface area contributed by atoms with Crippen LogP contribution in [0.4, 0.5) is 4.39 Å². The van der Waals surface area contributed by atoms with Crippen molar-refractivity contribution in [3.05, 3.63) is 116 Å². The number of carbonyl (C=O) groups is 2. The summed E-state index contributed by atoms with van der Waals surface area (Å²) in [5.74, 6) is -0.104. The van der Waals surface area contributed by atoms with Crippen LogP contribution >= 0.6 is 34.4 Å². The van der Waals surface area contributed by atoms with Gasteiger partial charge in [0.15, 0.2) is 11.0 Å². The summed E-state index contributed by atoms with van der Waals surface area (Å²) >= 11 is 4.20. The Morgan fingerprint density at radius 1 is 1.00 bits per heavy atom. The second-order valence-electron chi connectivity index (χ2n) is 9.94. The summed E-state index contributed by atoms with van der Waals surface area (Å²) < 4.78 is 15.6. The van der Waals surface area contributed by atoms with E-state index in [0.717, 1.165) is 33.0 Å². The minimum atomic E-state index is -0.342. The van der Waals surface area contributed by atoms with Gasteiger partial charge < -0.3 is 5.32 Å². The maximum atomic E-state index is 13.7. The molecule has 1 unspecified atom stereocenters. The number of thiophene rings is 2. The number of carbonyl (C=O) groups excluding carboxylic acids is 2. The molecule has 0 spiro atoms. The molecule has 5 aromatic rings. The number of rotatable bonds is 9. The van der Waals surface area contributed by atoms with Crippen molar-refractivity contribution >= 4 is 52.0 Å². The Kier molecular flexibility index (Phi) is 8.50. The monoisotopic (exact) mass is 630 g/mol. The van der Waals surface area contributed by atoms with Crippen LogP contribution in [0.15, 0.2) is 87.7 Å². The molecule has 0 bridgehead atoms. The summed E-state index contributed by atoms with van der Waals surface area (Å²) in [6, 6.07) is 19.4. The third-order valence-electron chi connectivity index (χ3n) is 7.22. The van der Waals surface area contributed by atoms with Gasteiger partial charge in [-0.15, -0.1) is 32.9 Å². The lowest BCUT2D eigenvalue weighted by Crippen LogP contribution is -2.28. The molecule has 2 amide bonds. The average molecular weight is 631 g/mol. The van der Waals surface area contributed by atoms with Crippen molar-refractivity contribution in [1.29, 1.82) is 0 Å². The van der Waals surface area contributed by atoms with Crippen LogP contribution in [0.3, 0.4) is 0 Å². The Hall–Kier alpha value is -4.13. The summed E-state index contributed by atoms with van der Waals surface area (Å²) in [4.78, 5) is 28.0. The van der Waals surface area contributed by atoms with E-state index < -0.39 is 0 Å². The Labute approximate surface area is 260 Å². The van der Waals surface area contributed by atoms with E-state index in [2.05, 4.69) is 15.5 Å². The summed E-state index contributed by atoms with van der Waals surface area (Å²) in [7, 11) is 0. The molecular formula is C31H27FN6O2S3. The van der Waals surface area contributed by atoms with Gasteiger partial charge in [-0.3, -0.25) is 14.2 Å². The molecule has 1 aliphatic heterocycles. The molecule has 43 heavy (non-hydrogen) atoms. The van der Waals surface area contributed by atoms with Gasteiger partial charge in [0.2, 0.25) is 0 Å². The normalized spacial score (nSPS) is 14.6. The SMILES string of the molecule is Cc1cccc(-n2c(CNC(=O)c3cccs3)nnc2SCC(=O)N2N=C(c3cccs3)CC2c2ccc(F)cc2)c1C. The lowest BCUT2D eigenvalue weighted by molar-refractivity contribution is -0.130. The zero-order valence-electron chi connectivity index (χ0n) is 23.4. The molecule has 6 rings (SSSR count). The van der Waals surface area contributed by atoms with Crippen LogP contribution in [0.2, 0.25) is 0 Å². The predicted molar refractivity (Wildman–Crippen MR) is 169 cm³/mol. The van der Waals surface area contributed by atoms with Crippen LogP contribution in [-0.2, 0) is 11.3 Å². The summed E-state index contributed by atoms with van der Waals surface area (Å²) in [6.45, 7) is 4.22. The highest BCUT2D eigenvalue weighted by atomic mass is 32.2. The fourth-order valence-electron chi connectivity index (χ4n) is 4.85. The highest BCUT2D eigenvalue weighted by Gasteiger charge is 2.34. The standard InChI is InChI=1S/C31H27FN6O2S3/c1-19-6-3-7-24(20(19)2)37-28(17-33-30(40)27-9-5-15-42-27)34-35-31(37)43-18-29(39)38-25(21-10-12-22(32)13-11-21)16-23(36-38)26-8-4-14-41-26/h3-15,25H,16-18H2,1-2H3,(H,33,40). The van der Waals surface area contributed by atoms with E-state index in [1.54, 1.807) is 29.5 Å². The molecule has 0 saturated heterocycles. The molecule has 2 aromatic carbocycles. The zero-order valence-corrected chi connectivity index (χ0v) is 25.8. The minimum Gasteiger partial charge on any atom is -0.344 e. The van der Waals surface area contributed by atoms with E-state index in [0.29, 0.717) is 22.3 Å². The van der Waals surface area contributed by atoms with Gasteiger partial charge in [0.25, 0.3) is 11.8 Å². The second-order valence-corrected chi connectivity index (χ2v) is 12.8. The topological polar surface area (TPSA) is 92.5 Å². The summed E-state index contributed by atoms with van der Waals surface area (Å²) in [5, 5.41) is 22.4. The third kappa shape index (κ3) is 6.17. The Morgan fingerprint density at radius 2 is 1.79 bits per heavy atom. The molecule has 0 aliphatic carbocycles. The van der Waals surface area contributed by atoms with Crippen molar-refractivity contribution in [2.24, 2.45) is 5.10 Å². The number of hydrogen-bond acceptors (Lipinski definition) is 8. The van der Waals surface area contributed by atoms with Gasteiger partial charge >= 0.3 is 0 Å². The first-order valence-corrected chi connectivity index (χ1v) is 16.3. The average Bonchev–Trinajstić information content (AvgIpc) is 3.83. The molecule has 4 heterocycles. The summed E-state index contributed by atoms with van der Waals surface area (Å²) in [5.41, 5.74) is 4.66. The Bertz CT molecular complexity index is 1780. The predicted octanol–water partition coefficient (Wildman–Crippen LogP) is 6.55. The van der Waals surface area contributed by atoms with Gasteiger partial charge in [0.05, 0.1) is 39.5 Å². The number of halogens is 1. The Morgan fingerprint density at radius 3 is 2.53 bits per heavy atom. The first-order chi connectivity index (χ1) is 20.9. The van der Waals surface area contributed by atoms with Crippen molar-refractivity contribution in [1.82, 2.24) is 25.1 Å². The van der Waals surface area contributed by atoms with Crippen molar-refractivity contribution in [3.63, 3.8) is 0 Å².